The van der Waals surface area contributed by atoms with Gasteiger partial charge in [0.1, 0.15) is 6.61 Å². The molecule has 0 aliphatic heterocycles. The molecule has 1 aliphatic carbocycles. The zero-order valence-corrected chi connectivity index (χ0v) is 14.0. The summed E-state index contributed by atoms with van der Waals surface area (Å²) in [7, 11) is 1.94. The largest absolute Gasteiger partial charge is 0.473 e. The average Bonchev–Trinajstić information content (AvgIpc) is 2.89. The van der Waals surface area contributed by atoms with Gasteiger partial charge >= 0.3 is 0 Å². The SMILES string of the molecule is C=C/C=C(\C)COc1cc(CNC)nn1CC1CCCCC1. The van der Waals surface area contributed by atoms with Crippen molar-refractivity contribution in [2.24, 2.45) is 5.92 Å². The molecule has 22 heavy (non-hydrogen) atoms. The molecular weight excluding hydrogens is 274 g/mol. The van der Waals surface area contributed by atoms with E-state index in [1.54, 1.807) is 6.08 Å². The maximum Gasteiger partial charge on any atom is 0.212 e. The predicted molar refractivity (Wildman–Crippen MR) is 91.0 cm³/mol. The second-order valence-corrected chi connectivity index (χ2v) is 6.23. The van der Waals surface area contributed by atoms with Gasteiger partial charge in [-0.25, -0.2) is 4.68 Å². The Morgan fingerprint density at radius 2 is 2.23 bits per heavy atom. The molecule has 4 nitrogen and oxygen atoms in total. The molecule has 4 heteroatoms. The highest BCUT2D eigenvalue weighted by Crippen LogP contribution is 2.27. The third kappa shape index (κ3) is 5.02. The van der Waals surface area contributed by atoms with Crippen LogP contribution in [0.25, 0.3) is 0 Å². The van der Waals surface area contributed by atoms with Crippen molar-refractivity contribution >= 4 is 0 Å². The van der Waals surface area contributed by atoms with Gasteiger partial charge in [0.2, 0.25) is 5.88 Å². The lowest BCUT2D eigenvalue weighted by Gasteiger charge is -2.22. The summed E-state index contributed by atoms with van der Waals surface area (Å²) in [5, 5.41) is 7.86. The van der Waals surface area contributed by atoms with Crippen molar-refractivity contribution in [2.75, 3.05) is 13.7 Å². The molecule has 2 rings (SSSR count). The first kappa shape index (κ1) is 16.8. The molecule has 0 saturated heterocycles. The van der Waals surface area contributed by atoms with Crippen molar-refractivity contribution in [1.82, 2.24) is 15.1 Å². The van der Waals surface area contributed by atoms with Crippen LogP contribution in [0.1, 0.15) is 44.7 Å². The fourth-order valence-corrected chi connectivity index (χ4v) is 3.02. The van der Waals surface area contributed by atoms with Crippen molar-refractivity contribution in [3.8, 4) is 5.88 Å². The van der Waals surface area contributed by atoms with Crippen LogP contribution in [0.4, 0.5) is 0 Å². The highest BCUT2D eigenvalue weighted by molar-refractivity contribution is 5.18. The standard InChI is InChI=1S/C18H29N3O/c1-4-8-15(2)14-22-18-11-17(12-19-3)20-21(18)13-16-9-6-5-7-10-16/h4,8,11,16,19H,1,5-7,9-10,12-14H2,2-3H3/b15-8+. The first-order chi connectivity index (χ1) is 10.7. The van der Waals surface area contributed by atoms with E-state index in [1.807, 2.05) is 13.1 Å². The van der Waals surface area contributed by atoms with Gasteiger partial charge < -0.3 is 10.1 Å². The Labute approximate surface area is 134 Å². The molecule has 0 amide bonds. The van der Waals surface area contributed by atoms with E-state index in [-0.39, 0.29) is 0 Å². The maximum absolute atomic E-state index is 5.98. The third-order valence-corrected chi connectivity index (χ3v) is 4.16. The van der Waals surface area contributed by atoms with Crippen molar-refractivity contribution in [1.29, 1.82) is 0 Å². The van der Waals surface area contributed by atoms with Gasteiger partial charge in [-0.05, 0) is 38.3 Å². The van der Waals surface area contributed by atoms with Crippen LogP contribution in [0.3, 0.4) is 0 Å². The van der Waals surface area contributed by atoms with Gasteiger partial charge in [0.15, 0.2) is 0 Å². The maximum atomic E-state index is 5.98. The number of hydrogen-bond acceptors (Lipinski definition) is 3. The molecule has 122 valence electrons. The molecule has 1 N–H and O–H groups in total. The fourth-order valence-electron chi connectivity index (χ4n) is 3.02. The minimum absolute atomic E-state index is 0.585. The lowest BCUT2D eigenvalue weighted by molar-refractivity contribution is 0.265. The van der Waals surface area contributed by atoms with Crippen LogP contribution in [0.5, 0.6) is 5.88 Å². The van der Waals surface area contributed by atoms with Crippen LogP contribution in [0.15, 0.2) is 30.4 Å². The summed E-state index contributed by atoms with van der Waals surface area (Å²) >= 11 is 0. The zero-order chi connectivity index (χ0) is 15.8. The summed E-state index contributed by atoms with van der Waals surface area (Å²) in [5.41, 5.74) is 2.20. The van der Waals surface area contributed by atoms with E-state index in [1.165, 1.54) is 32.1 Å². The summed E-state index contributed by atoms with van der Waals surface area (Å²) in [6, 6.07) is 2.06. The molecule has 1 fully saturated rings. The highest BCUT2D eigenvalue weighted by Gasteiger charge is 2.17. The lowest BCUT2D eigenvalue weighted by Crippen LogP contribution is -2.17. The quantitative estimate of drug-likeness (QED) is 0.744. The van der Waals surface area contributed by atoms with E-state index in [2.05, 4.69) is 29.6 Å². The molecule has 0 bridgehead atoms. The normalized spacial score (nSPS) is 16.7. The van der Waals surface area contributed by atoms with Gasteiger partial charge in [0.25, 0.3) is 0 Å². The Morgan fingerprint density at radius 3 is 2.91 bits per heavy atom. The molecule has 0 spiro atoms. The smallest absolute Gasteiger partial charge is 0.212 e. The second-order valence-electron chi connectivity index (χ2n) is 6.23. The van der Waals surface area contributed by atoms with E-state index in [4.69, 9.17) is 9.84 Å². The summed E-state index contributed by atoms with van der Waals surface area (Å²) in [6.07, 6.45) is 10.5. The minimum atomic E-state index is 0.585. The first-order valence-electron chi connectivity index (χ1n) is 8.35. The van der Waals surface area contributed by atoms with Crippen LogP contribution in [0, 0.1) is 5.92 Å². The Bertz CT molecular complexity index is 498. The number of allylic oxidation sites excluding steroid dienone is 2. The zero-order valence-electron chi connectivity index (χ0n) is 14.0. The van der Waals surface area contributed by atoms with Crippen molar-refractivity contribution < 1.29 is 4.74 Å². The van der Waals surface area contributed by atoms with Crippen LogP contribution in [0.2, 0.25) is 0 Å². The van der Waals surface area contributed by atoms with Gasteiger partial charge in [-0.2, -0.15) is 5.10 Å². The van der Waals surface area contributed by atoms with Gasteiger partial charge in [-0.3, -0.25) is 0 Å². The number of rotatable bonds is 8. The topological polar surface area (TPSA) is 39.1 Å². The Hall–Kier alpha value is -1.55. The summed E-state index contributed by atoms with van der Waals surface area (Å²) < 4.78 is 8.04. The molecular formula is C18H29N3O. The number of hydrogen-bond donors (Lipinski definition) is 1. The monoisotopic (exact) mass is 303 g/mol. The highest BCUT2D eigenvalue weighted by atomic mass is 16.5. The van der Waals surface area contributed by atoms with Crippen molar-refractivity contribution in [2.45, 2.75) is 52.1 Å². The van der Waals surface area contributed by atoms with E-state index in [0.717, 1.165) is 36.2 Å². The molecule has 1 aromatic heterocycles. The van der Waals surface area contributed by atoms with Crippen molar-refractivity contribution in [3.05, 3.63) is 36.1 Å². The van der Waals surface area contributed by atoms with Gasteiger partial charge in [0.05, 0.1) is 5.69 Å². The first-order valence-corrected chi connectivity index (χ1v) is 8.35. The van der Waals surface area contributed by atoms with Gasteiger partial charge in [-0.15, -0.1) is 0 Å². The summed E-state index contributed by atoms with van der Waals surface area (Å²) in [5.74, 6) is 1.62. The summed E-state index contributed by atoms with van der Waals surface area (Å²) in [6.45, 7) is 8.11. The molecule has 0 radical (unpaired) electrons. The average molecular weight is 303 g/mol. The Balaban J connectivity index is 2.04. The Kier molecular flexibility index (Phi) is 6.72. The molecule has 1 saturated carbocycles. The van der Waals surface area contributed by atoms with Gasteiger partial charge in [-0.1, -0.05) is 38.0 Å². The lowest BCUT2D eigenvalue weighted by atomic mass is 9.89. The predicted octanol–water partition coefficient (Wildman–Crippen LogP) is 3.69. The minimum Gasteiger partial charge on any atom is -0.473 e. The molecule has 1 aromatic rings. The molecule has 1 aliphatic rings. The Morgan fingerprint density at radius 1 is 1.45 bits per heavy atom. The van der Waals surface area contributed by atoms with Crippen LogP contribution >= 0.6 is 0 Å². The van der Waals surface area contributed by atoms with Gasteiger partial charge in [0, 0.05) is 19.2 Å². The van der Waals surface area contributed by atoms with E-state index in [9.17, 15) is 0 Å². The number of ether oxygens (including phenoxy) is 1. The second kappa shape index (κ2) is 8.79. The van der Waals surface area contributed by atoms with E-state index in [0.29, 0.717) is 6.61 Å². The number of nitrogens with one attached hydrogen (secondary N) is 1. The van der Waals surface area contributed by atoms with Crippen LogP contribution < -0.4 is 10.1 Å². The molecule has 0 aromatic carbocycles. The van der Waals surface area contributed by atoms with Crippen molar-refractivity contribution in [3.63, 3.8) is 0 Å². The molecule has 0 atom stereocenters. The van der Waals surface area contributed by atoms with Crippen LogP contribution in [-0.4, -0.2) is 23.4 Å². The van der Waals surface area contributed by atoms with E-state index < -0.39 is 0 Å². The van der Waals surface area contributed by atoms with E-state index >= 15 is 0 Å². The third-order valence-electron chi connectivity index (χ3n) is 4.16. The molecule has 1 heterocycles. The number of nitrogens with zero attached hydrogens (tertiary/aromatic N) is 2. The summed E-state index contributed by atoms with van der Waals surface area (Å²) in [4.78, 5) is 0. The fraction of sp³-hybridized carbons (Fsp3) is 0.611. The van der Waals surface area contributed by atoms with Crippen LogP contribution in [-0.2, 0) is 13.1 Å². The number of aromatic nitrogens is 2. The molecule has 0 unspecified atom stereocenters.